The van der Waals surface area contributed by atoms with E-state index in [1.54, 1.807) is 13.0 Å². The van der Waals surface area contributed by atoms with Crippen molar-refractivity contribution in [3.63, 3.8) is 0 Å². The molecule has 0 atom stereocenters. The topological polar surface area (TPSA) is 81.1 Å². The van der Waals surface area contributed by atoms with E-state index in [0.29, 0.717) is 17.3 Å². The molecular weight excluding hydrogens is 573 g/mol. The van der Waals surface area contributed by atoms with E-state index < -0.39 is 9.84 Å². The van der Waals surface area contributed by atoms with E-state index in [0.717, 1.165) is 11.8 Å². The summed E-state index contributed by atoms with van der Waals surface area (Å²) < 4.78 is 27.6. The van der Waals surface area contributed by atoms with Crippen LogP contribution in [0.4, 0.5) is 0 Å². The maximum absolute atomic E-state index is 12.9. The molecule has 1 saturated carbocycles. The molecule has 1 aliphatic carbocycles. The van der Waals surface area contributed by atoms with E-state index in [1.807, 2.05) is 18.2 Å². The molecule has 0 bridgehead atoms. The Morgan fingerprint density at radius 2 is 1.86 bits per heavy atom. The molecule has 4 aromatic rings. The zero-order valence-electron chi connectivity index (χ0n) is 19.4. The van der Waals surface area contributed by atoms with Crippen LogP contribution in [0.2, 0.25) is 0 Å². The van der Waals surface area contributed by atoms with E-state index in [4.69, 9.17) is 0 Å². The number of sulfone groups is 1. The molecule has 1 fully saturated rings. The van der Waals surface area contributed by atoms with Gasteiger partial charge in [-0.25, -0.2) is 8.42 Å². The van der Waals surface area contributed by atoms with E-state index in [2.05, 4.69) is 67.8 Å². The van der Waals surface area contributed by atoms with Gasteiger partial charge >= 0.3 is 0 Å². The van der Waals surface area contributed by atoms with Crippen LogP contribution >= 0.6 is 22.6 Å². The van der Waals surface area contributed by atoms with Gasteiger partial charge in [-0.3, -0.25) is 9.78 Å². The number of fused-ring (bicyclic) bond motifs is 1. The van der Waals surface area contributed by atoms with Crippen molar-refractivity contribution in [2.45, 2.75) is 43.7 Å². The second-order valence-corrected chi connectivity index (χ2v) is 12.4. The fourth-order valence-corrected chi connectivity index (χ4v) is 5.47. The molecule has 2 heterocycles. The molecule has 0 radical (unpaired) electrons. The number of rotatable bonds is 8. The number of hydrogen-bond acceptors (Lipinski definition) is 4. The Labute approximate surface area is 218 Å². The Hall–Kier alpha value is -2.72. The minimum absolute atomic E-state index is 0.0299. The monoisotopic (exact) mass is 599 g/mol. The van der Waals surface area contributed by atoms with E-state index in [1.165, 1.54) is 45.4 Å². The summed E-state index contributed by atoms with van der Waals surface area (Å²) in [6, 6.07) is 20.4. The highest BCUT2D eigenvalue weighted by Crippen LogP contribution is 2.40. The molecule has 1 aliphatic rings. The number of amides is 1. The Morgan fingerprint density at radius 3 is 2.51 bits per heavy atom. The zero-order valence-corrected chi connectivity index (χ0v) is 22.3. The molecule has 35 heavy (non-hydrogen) atoms. The first kappa shape index (κ1) is 24.0. The van der Waals surface area contributed by atoms with Crippen LogP contribution < -0.4 is 5.32 Å². The Bertz CT molecular complexity index is 1490. The predicted octanol–water partition coefficient (Wildman–Crippen LogP) is 5.29. The number of hydrogen-bond donors (Lipinski definition) is 1. The molecular formula is C27H26IN3O3S. The fraction of sp³-hybridized carbons (Fsp3) is 0.259. The molecule has 180 valence electrons. The minimum atomic E-state index is -3.29. The molecule has 1 N–H and O–H groups in total. The van der Waals surface area contributed by atoms with Crippen molar-refractivity contribution in [2.75, 3.05) is 5.75 Å². The highest BCUT2D eigenvalue weighted by atomic mass is 127. The van der Waals surface area contributed by atoms with Crippen molar-refractivity contribution in [1.82, 2.24) is 14.9 Å². The summed E-state index contributed by atoms with van der Waals surface area (Å²) in [4.78, 5) is 17.2. The lowest BCUT2D eigenvalue weighted by molar-refractivity contribution is 0.0950. The number of carbonyl (C=O) groups excluding carboxylic acids is 1. The molecule has 2 aromatic carbocycles. The first-order chi connectivity index (χ1) is 16.8. The maximum atomic E-state index is 12.9. The molecule has 5 rings (SSSR count). The van der Waals surface area contributed by atoms with Gasteiger partial charge in [-0.05, 0) is 89.5 Å². The molecule has 0 aliphatic heterocycles. The van der Waals surface area contributed by atoms with Crippen LogP contribution in [0.25, 0.3) is 10.9 Å². The van der Waals surface area contributed by atoms with Crippen molar-refractivity contribution in [3.8, 4) is 0 Å². The fourth-order valence-electron chi connectivity index (χ4n) is 4.29. The van der Waals surface area contributed by atoms with Gasteiger partial charge in [0.15, 0.2) is 9.84 Å². The number of halogens is 1. The molecule has 2 aromatic heterocycles. The number of aromatic nitrogens is 2. The van der Waals surface area contributed by atoms with E-state index in [9.17, 15) is 13.2 Å². The molecule has 0 unspecified atom stereocenters. The first-order valence-electron chi connectivity index (χ1n) is 11.7. The average molecular weight is 599 g/mol. The van der Waals surface area contributed by atoms with Crippen LogP contribution in [0.1, 0.15) is 53.1 Å². The second kappa shape index (κ2) is 9.73. The lowest BCUT2D eigenvalue weighted by Crippen LogP contribution is -2.23. The smallest absolute Gasteiger partial charge is 0.251 e. The molecule has 6 nitrogen and oxygen atoms in total. The summed E-state index contributed by atoms with van der Waals surface area (Å²) in [6.07, 6.45) is 4.59. The maximum Gasteiger partial charge on any atom is 0.251 e. The third kappa shape index (κ3) is 5.28. The predicted molar refractivity (Wildman–Crippen MR) is 145 cm³/mol. The highest BCUT2D eigenvalue weighted by molar-refractivity contribution is 14.1. The lowest BCUT2D eigenvalue weighted by atomic mass is 10.1. The van der Waals surface area contributed by atoms with Crippen LogP contribution in [-0.4, -0.2) is 29.6 Å². The third-order valence-corrected chi connectivity index (χ3v) is 8.80. The van der Waals surface area contributed by atoms with Gasteiger partial charge in [0.25, 0.3) is 5.91 Å². The first-order valence-corrected chi connectivity index (χ1v) is 14.4. The number of nitrogens with zero attached hydrogens (tertiary/aromatic N) is 2. The number of pyridine rings is 1. The summed E-state index contributed by atoms with van der Waals surface area (Å²) in [5, 5.41) is 3.96. The van der Waals surface area contributed by atoms with Gasteiger partial charge in [-0.15, -0.1) is 0 Å². The summed E-state index contributed by atoms with van der Waals surface area (Å²) in [5.41, 5.74) is 4.91. The van der Waals surface area contributed by atoms with Crippen molar-refractivity contribution in [1.29, 1.82) is 0 Å². The van der Waals surface area contributed by atoms with E-state index >= 15 is 0 Å². The summed E-state index contributed by atoms with van der Waals surface area (Å²) >= 11 is 2.32. The van der Waals surface area contributed by atoms with Gasteiger partial charge < -0.3 is 9.88 Å². The van der Waals surface area contributed by atoms with Crippen molar-refractivity contribution >= 4 is 49.2 Å². The number of carbonyl (C=O) groups is 1. The number of benzene rings is 2. The standard InChI is InChI=1S/C27H26IN3O3S/c1-2-35(33,34)25-11-8-22(29-17-25)16-30-27(32)19-5-12-26-20(14-19)15-24(31(26)23-9-10-23)13-18-3-6-21(28)7-4-18/h3-8,11-12,14-15,17,23H,2,9-10,13,16H2,1H3,(H,30,32). The van der Waals surface area contributed by atoms with Crippen LogP contribution in [-0.2, 0) is 22.8 Å². The summed E-state index contributed by atoms with van der Waals surface area (Å²) in [5.74, 6) is -0.153. The number of nitrogens with one attached hydrogen (secondary N) is 1. The average Bonchev–Trinajstić information content (AvgIpc) is 3.64. The van der Waals surface area contributed by atoms with Gasteiger partial charge in [0, 0.05) is 44.4 Å². The van der Waals surface area contributed by atoms with Gasteiger partial charge in [0.2, 0.25) is 0 Å². The largest absolute Gasteiger partial charge is 0.346 e. The Kier molecular flexibility index (Phi) is 6.67. The van der Waals surface area contributed by atoms with Gasteiger partial charge in [0.1, 0.15) is 0 Å². The van der Waals surface area contributed by atoms with Crippen LogP contribution in [0.15, 0.2) is 71.8 Å². The molecule has 1 amide bonds. The van der Waals surface area contributed by atoms with Crippen LogP contribution in [0, 0.1) is 3.57 Å². The van der Waals surface area contributed by atoms with Crippen LogP contribution in [0.3, 0.4) is 0 Å². The van der Waals surface area contributed by atoms with E-state index in [-0.39, 0.29) is 23.1 Å². The SMILES string of the molecule is CCS(=O)(=O)c1ccc(CNC(=O)c2ccc3c(c2)cc(Cc2ccc(I)cc2)n3C2CC2)nc1. The Morgan fingerprint density at radius 1 is 1.09 bits per heavy atom. The lowest BCUT2D eigenvalue weighted by Gasteiger charge is -2.10. The quantitative estimate of drug-likeness (QED) is 0.279. The van der Waals surface area contributed by atoms with Crippen molar-refractivity contribution in [2.24, 2.45) is 0 Å². The van der Waals surface area contributed by atoms with Gasteiger partial charge in [0.05, 0.1) is 22.9 Å². The zero-order chi connectivity index (χ0) is 24.6. The van der Waals surface area contributed by atoms with Crippen molar-refractivity contribution < 1.29 is 13.2 Å². The molecule has 8 heteroatoms. The highest BCUT2D eigenvalue weighted by Gasteiger charge is 2.27. The van der Waals surface area contributed by atoms with Gasteiger partial charge in [-0.2, -0.15) is 0 Å². The molecule has 0 saturated heterocycles. The second-order valence-electron chi connectivity index (χ2n) is 8.89. The van der Waals surface area contributed by atoms with Crippen molar-refractivity contribution in [3.05, 3.63) is 92.9 Å². The molecule has 0 spiro atoms. The normalized spacial score (nSPS) is 13.8. The Balaban J connectivity index is 1.33. The minimum Gasteiger partial charge on any atom is -0.346 e. The van der Waals surface area contributed by atoms with Gasteiger partial charge in [-0.1, -0.05) is 19.1 Å². The summed E-state index contributed by atoms with van der Waals surface area (Å²) in [7, 11) is -3.29. The third-order valence-electron chi connectivity index (χ3n) is 6.36. The summed E-state index contributed by atoms with van der Waals surface area (Å²) in [6.45, 7) is 1.83. The van der Waals surface area contributed by atoms with Crippen LogP contribution in [0.5, 0.6) is 0 Å².